The van der Waals surface area contributed by atoms with Crippen LogP contribution in [-0.4, -0.2) is 59.4 Å². The lowest BCUT2D eigenvalue weighted by Gasteiger charge is -2.31. The molecular weight excluding hydrogens is 200 g/mol. The highest BCUT2D eigenvalue weighted by atomic mass is 16.4. The first-order valence-electron chi connectivity index (χ1n) is 4.66. The Morgan fingerprint density at radius 2 is 1.87 bits per heavy atom. The predicted octanol–water partition coefficient (Wildman–Crippen LogP) is -0.992. The Hall–Kier alpha value is -1.43. The van der Waals surface area contributed by atoms with Gasteiger partial charge in [-0.25, -0.2) is 0 Å². The Balaban J connectivity index is 2.65. The van der Waals surface area contributed by atoms with Gasteiger partial charge in [-0.05, 0) is 7.05 Å². The predicted molar refractivity (Wildman–Crippen MR) is 51.0 cm³/mol. The maximum absolute atomic E-state index is 11.4. The van der Waals surface area contributed by atoms with Gasteiger partial charge in [-0.1, -0.05) is 6.92 Å². The van der Waals surface area contributed by atoms with Crippen LogP contribution in [-0.2, 0) is 14.4 Å². The second kappa shape index (κ2) is 4.39. The van der Waals surface area contributed by atoms with Gasteiger partial charge in [-0.15, -0.1) is 0 Å². The lowest BCUT2D eigenvalue weighted by molar-refractivity contribution is -0.153. The summed E-state index contributed by atoms with van der Waals surface area (Å²) in [5.74, 6) is -2.39. The summed E-state index contributed by atoms with van der Waals surface area (Å²) in [6.45, 7) is 1.76. The maximum atomic E-state index is 11.4. The average molecular weight is 214 g/mol. The van der Waals surface area contributed by atoms with E-state index in [9.17, 15) is 14.4 Å². The SMILES string of the molecule is CC(CN1C(=O)CN(C)CC1=O)C(=O)O. The van der Waals surface area contributed by atoms with Crippen LogP contribution in [0, 0.1) is 5.92 Å². The van der Waals surface area contributed by atoms with Crippen molar-refractivity contribution >= 4 is 17.8 Å². The van der Waals surface area contributed by atoms with E-state index in [1.165, 1.54) is 6.92 Å². The lowest BCUT2D eigenvalue weighted by atomic mass is 10.1. The van der Waals surface area contributed by atoms with Gasteiger partial charge in [0.1, 0.15) is 0 Å². The van der Waals surface area contributed by atoms with Crippen molar-refractivity contribution in [3.8, 4) is 0 Å². The number of imide groups is 1. The van der Waals surface area contributed by atoms with Crippen LogP contribution in [0.3, 0.4) is 0 Å². The van der Waals surface area contributed by atoms with Crippen molar-refractivity contribution < 1.29 is 19.5 Å². The van der Waals surface area contributed by atoms with Gasteiger partial charge >= 0.3 is 5.97 Å². The molecule has 15 heavy (non-hydrogen) atoms. The van der Waals surface area contributed by atoms with Crippen molar-refractivity contribution in [2.45, 2.75) is 6.92 Å². The molecule has 1 unspecified atom stereocenters. The van der Waals surface area contributed by atoms with Gasteiger partial charge in [0.2, 0.25) is 11.8 Å². The van der Waals surface area contributed by atoms with Gasteiger partial charge in [0.15, 0.2) is 0 Å². The number of carbonyl (C=O) groups excluding carboxylic acids is 2. The number of piperazine rings is 1. The Morgan fingerprint density at radius 1 is 1.40 bits per heavy atom. The van der Waals surface area contributed by atoms with E-state index in [-0.39, 0.29) is 31.4 Å². The fourth-order valence-corrected chi connectivity index (χ4v) is 1.38. The third kappa shape index (κ3) is 2.76. The van der Waals surface area contributed by atoms with Crippen molar-refractivity contribution in [1.82, 2.24) is 9.80 Å². The van der Waals surface area contributed by atoms with Gasteiger partial charge in [-0.3, -0.25) is 24.2 Å². The second-order valence-electron chi connectivity index (χ2n) is 3.81. The third-order valence-electron chi connectivity index (χ3n) is 2.29. The molecule has 1 fully saturated rings. The molecule has 0 aromatic carbocycles. The first-order chi connectivity index (χ1) is 6.91. The number of nitrogens with zero attached hydrogens (tertiary/aromatic N) is 2. The smallest absolute Gasteiger partial charge is 0.308 e. The van der Waals surface area contributed by atoms with Crippen molar-refractivity contribution in [1.29, 1.82) is 0 Å². The van der Waals surface area contributed by atoms with Gasteiger partial charge in [0.05, 0.1) is 19.0 Å². The van der Waals surface area contributed by atoms with Crippen molar-refractivity contribution in [3.05, 3.63) is 0 Å². The van der Waals surface area contributed by atoms with Crippen molar-refractivity contribution in [3.63, 3.8) is 0 Å². The van der Waals surface area contributed by atoms with Crippen LogP contribution < -0.4 is 0 Å². The van der Waals surface area contributed by atoms with Crippen LogP contribution in [0.1, 0.15) is 6.92 Å². The molecule has 0 radical (unpaired) electrons. The average Bonchev–Trinajstić information content (AvgIpc) is 2.10. The summed E-state index contributed by atoms with van der Waals surface area (Å²) in [6, 6.07) is 0. The van der Waals surface area contributed by atoms with Gasteiger partial charge in [0, 0.05) is 6.54 Å². The van der Waals surface area contributed by atoms with E-state index in [1.54, 1.807) is 11.9 Å². The van der Waals surface area contributed by atoms with E-state index in [2.05, 4.69) is 0 Å². The lowest BCUT2D eigenvalue weighted by Crippen LogP contribution is -2.54. The van der Waals surface area contributed by atoms with Crippen LogP contribution in [0.15, 0.2) is 0 Å². The summed E-state index contributed by atoms with van der Waals surface area (Å²) in [5, 5.41) is 8.68. The number of carboxylic acid groups (broad SMARTS) is 1. The van der Waals surface area contributed by atoms with Crippen molar-refractivity contribution in [2.24, 2.45) is 5.92 Å². The van der Waals surface area contributed by atoms with Crippen LogP contribution in [0.5, 0.6) is 0 Å². The number of amides is 2. The van der Waals surface area contributed by atoms with Crippen LogP contribution >= 0.6 is 0 Å². The fourth-order valence-electron chi connectivity index (χ4n) is 1.38. The molecule has 0 bridgehead atoms. The molecule has 1 heterocycles. The molecule has 0 aromatic heterocycles. The molecule has 1 aliphatic rings. The molecule has 1 rings (SSSR count). The standard InChI is InChI=1S/C9H14N2O4/c1-6(9(14)15)3-11-7(12)4-10(2)5-8(11)13/h6H,3-5H2,1-2H3,(H,14,15). The maximum Gasteiger partial charge on any atom is 0.308 e. The number of carboxylic acids is 1. The molecule has 0 spiro atoms. The summed E-state index contributed by atoms with van der Waals surface area (Å²) >= 11 is 0. The quantitative estimate of drug-likeness (QED) is 0.610. The zero-order chi connectivity index (χ0) is 11.6. The Kier molecular flexibility index (Phi) is 3.41. The minimum atomic E-state index is -1.01. The van der Waals surface area contributed by atoms with Gasteiger partial charge in [-0.2, -0.15) is 0 Å². The highest BCUT2D eigenvalue weighted by Gasteiger charge is 2.31. The molecule has 6 nitrogen and oxygen atoms in total. The third-order valence-corrected chi connectivity index (χ3v) is 2.29. The number of hydrogen-bond donors (Lipinski definition) is 1. The van der Waals surface area contributed by atoms with Gasteiger partial charge in [0.25, 0.3) is 0 Å². The van der Waals surface area contributed by atoms with Crippen LogP contribution in [0.2, 0.25) is 0 Å². The minimum Gasteiger partial charge on any atom is -0.481 e. The van der Waals surface area contributed by atoms with E-state index in [0.29, 0.717) is 0 Å². The Labute approximate surface area is 87.5 Å². The summed E-state index contributed by atoms with van der Waals surface area (Å²) in [5.41, 5.74) is 0. The highest BCUT2D eigenvalue weighted by Crippen LogP contribution is 2.07. The minimum absolute atomic E-state index is 0.0408. The molecule has 0 aromatic rings. The largest absolute Gasteiger partial charge is 0.481 e. The molecule has 1 saturated heterocycles. The first kappa shape index (κ1) is 11.6. The monoisotopic (exact) mass is 214 g/mol. The zero-order valence-electron chi connectivity index (χ0n) is 8.77. The summed E-state index contributed by atoms with van der Waals surface area (Å²) in [4.78, 5) is 36.1. The van der Waals surface area contributed by atoms with E-state index in [4.69, 9.17) is 5.11 Å². The molecule has 1 N–H and O–H groups in total. The van der Waals surface area contributed by atoms with Crippen LogP contribution in [0.4, 0.5) is 0 Å². The molecule has 0 aliphatic carbocycles. The molecule has 2 amide bonds. The molecule has 84 valence electrons. The second-order valence-corrected chi connectivity index (χ2v) is 3.81. The van der Waals surface area contributed by atoms with E-state index in [0.717, 1.165) is 4.90 Å². The van der Waals surface area contributed by atoms with Crippen LogP contribution in [0.25, 0.3) is 0 Å². The number of likely N-dealkylation sites (N-methyl/N-ethyl adjacent to an activating group) is 1. The first-order valence-corrected chi connectivity index (χ1v) is 4.66. The number of hydrogen-bond acceptors (Lipinski definition) is 4. The zero-order valence-corrected chi connectivity index (χ0v) is 8.77. The molecule has 1 atom stereocenters. The number of aliphatic carboxylic acids is 1. The Morgan fingerprint density at radius 3 is 2.27 bits per heavy atom. The van der Waals surface area contributed by atoms with E-state index >= 15 is 0 Å². The highest BCUT2D eigenvalue weighted by molar-refractivity contribution is 5.99. The fraction of sp³-hybridized carbons (Fsp3) is 0.667. The molecule has 6 heteroatoms. The molecule has 1 aliphatic heterocycles. The van der Waals surface area contributed by atoms with E-state index < -0.39 is 11.9 Å². The summed E-state index contributed by atoms with van der Waals surface area (Å²) in [6.07, 6.45) is 0. The molecular formula is C9H14N2O4. The molecule has 0 saturated carbocycles. The van der Waals surface area contributed by atoms with Gasteiger partial charge < -0.3 is 5.11 Å². The topological polar surface area (TPSA) is 77.9 Å². The van der Waals surface area contributed by atoms with E-state index in [1.807, 2.05) is 0 Å². The Bertz CT molecular complexity index is 284. The normalized spacial score (nSPS) is 20.5. The number of carbonyl (C=O) groups is 3. The van der Waals surface area contributed by atoms with Crippen molar-refractivity contribution in [2.75, 3.05) is 26.7 Å². The summed E-state index contributed by atoms with van der Waals surface area (Å²) in [7, 11) is 1.67. The summed E-state index contributed by atoms with van der Waals surface area (Å²) < 4.78 is 0. The number of rotatable bonds is 3.